The number of hydrogen-bond donors (Lipinski definition) is 0. The van der Waals surface area contributed by atoms with E-state index >= 15 is 0 Å². The number of nitrogens with zero attached hydrogens (tertiary/aromatic N) is 3. The Morgan fingerprint density at radius 3 is 0.933 bits per heavy atom. The Labute approximate surface area is 101 Å². The summed E-state index contributed by atoms with van der Waals surface area (Å²) in [5.74, 6) is 0. The van der Waals surface area contributed by atoms with Gasteiger partial charge in [-0.2, -0.15) is 0 Å². The Bertz CT molecular complexity index is 103. The van der Waals surface area contributed by atoms with Crippen molar-refractivity contribution in [3.63, 3.8) is 0 Å². The van der Waals surface area contributed by atoms with Crippen molar-refractivity contribution in [3.05, 3.63) is 0 Å². The first-order valence-electron chi connectivity index (χ1n) is 5.50. The molecule has 0 atom stereocenters. The van der Waals surface area contributed by atoms with E-state index in [1.807, 2.05) is 13.8 Å². The van der Waals surface area contributed by atoms with E-state index in [4.69, 9.17) is 0 Å². The molecule has 0 aromatic heterocycles. The van der Waals surface area contributed by atoms with Gasteiger partial charge < -0.3 is 0 Å². The van der Waals surface area contributed by atoms with Gasteiger partial charge in [0.05, 0.1) is 0 Å². The molecule has 0 unspecified atom stereocenters. The normalized spacial score (nSPS) is 11.2. The third-order valence-corrected chi connectivity index (χ3v) is 5.45. The molecule has 0 aliphatic carbocycles. The third kappa shape index (κ3) is 14.4. The predicted octanol–water partition coefficient (Wildman–Crippen LogP) is 1.19. The van der Waals surface area contributed by atoms with Crippen LogP contribution in [0.2, 0.25) is 0 Å². The molecule has 0 rings (SSSR count). The molecule has 4 heteroatoms. The zero-order valence-electron chi connectivity index (χ0n) is 11.9. The monoisotopic (exact) mass is 256 g/mol. The predicted molar refractivity (Wildman–Crippen MR) is 67.0 cm³/mol. The van der Waals surface area contributed by atoms with E-state index in [0.717, 1.165) is 0 Å². The fourth-order valence-corrected chi connectivity index (χ4v) is 5.02. The van der Waals surface area contributed by atoms with E-state index in [9.17, 15) is 0 Å². The first-order chi connectivity index (χ1) is 6.91. The second-order valence-electron chi connectivity index (χ2n) is 4.24. The Hall–Kier alpha value is 0.412. The van der Waals surface area contributed by atoms with Crippen LogP contribution >= 0.6 is 0 Å². The van der Waals surface area contributed by atoms with Crippen LogP contribution in [0.25, 0.3) is 0 Å². The summed E-state index contributed by atoms with van der Waals surface area (Å²) < 4.78 is 0. The molecule has 0 saturated heterocycles. The molecule has 0 aromatic rings. The van der Waals surface area contributed by atoms with Gasteiger partial charge in [-0.25, -0.2) is 0 Å². The van der Waals surface area contributed by atoms with E-state index in [1.54, 1.807) is 0 Å². The van der Waals surface area contributed by atoms with Crippen molar-refractivity contribution in [2.75, 3.05) is 58.5 Å². The summed E-state index contributed by atoms with van der Waals surface area (Å²) >= 11 is -0.493. The van der Waals surface area contributed by atoms with Crippen molar-refractivity contribution in [2.24, 2.45) is 0 Å². The molecule has 0 aliphatic heterocycles. The van der Waals surface area contributed by atoms with Crippen LogP contribution in [0.3, 0.4) is 0 Å². The van der Waals surface area contributed by atoms with Crippen molar-refractivity contribution in [1.29, 1.82) is 0 Å². The summed E-state index contributed by atoms with van der Waals surface area (Å²) in [5.41, 5.74) is 0. The first kappa shape index (κ1) is 17.8. The Balaban J connectivity index is 0. The number of hydrogen-bond acceptors (Lipinski definition) is 3. The Morgan fingerprint density at radius 2 is 0.800 bits per heavy atom. The van der Waals surface area contributed by atoms with Crippen LogP contribution in [-0.4, -0.2) is 73.2 Å². The summed E-state index contributed by atoms with van der Waals surface area (Å²) in [5, 5.41) is 3.86. The van der Waals surface area contributed by atoms with Gasteiger partial charge >= 0.3 is 87.4 Å². The van der Waals surface area contributed by atoms with Crippen molar-refractivity contribution >= 4 is 0 Å². The SMILES string of the molecule is CC.CN(C)[CH2][Cr]([CH2]N(C)C)[CH2]N(C)C. The summed E-state index contributed by atoms with van der Waals surface area (Å²) in [4.78, 5) is 6.95. The summed E-state index contributed by atoms with van der Waals surface area (Å²) in [6.07, 6.45) is 0. The van der Waals surface area contributed by atoms with Crippen LogP contribution < -0.4 is 0 Å². The van der Waals surface area contributed by atoms with Crippen LogP contribution in [0.5, 0.6) is 0 Å². The van der Waals surface area contributed by atoms with Gasteiger partial charge in [0.25, 0.3) is 0 Å². The number of rotatable bonds is 6. The Morgan fingerprint density at radius 1 is 0.600 bits per heavy atom. The van der Waals surface area contributed by atoms with Gasteiger partial charge in [0.2, 0.25) is 0 Å². The molecule has 95 valence electrons. The van der Waals surface area contributed by atoms with Gasteiger partial charge in [-0.3, -0.25) is 0 Å². The van der Waals surface area contributed by atoms with E-state index < -0.39 is 14.1 Å². The van der Waals surface area contributed by atoms with E-state index in [0.29, 0.717) is 0 Å². The molecule has 3 nitrogen and oxygen atoms in total. The van der Waals surface area contributed by atoms with E-state index in [1.165, 1.54) is 16.2 Å². The zero-order valence-corrected chi connectivity index (χ0v) is 13.1. The van der Waals surface area contributed by atoms with Crippen molar-refractivity contribution in [3.8, 4) is 0 Å². The molecule has 15 heavy (non-hydrogen) atoms. The first-order valence-corrected chi connectivity index (χ1v) is 8.20. The van der Waals surface area contributed by atoms with Crippen LogP contribution in [0.15, 0.2) is 0 Å². The standard InChI is InChI=1S/3C3H8N.C2H6.Cr/c3*1-4(2)3;1-2;/h3*1H2,2-3H3;1-2H3;. The third-order valence-electron chi connectivity index (χ3n) is 1.32. The molecule has 0 bridgehead atoms. The zero-order chi connectivity index (χ0) is 12.4. The fourth-order valence-electron chi connectivity index (χ4n) is 1.22. The van der Waals surface area contributed by atoms with Crippen molar-refractivity contribution in [1.82, 2.24) is 14.7 Å². The molecule has 0 heterocycles. The van der Waals surface area contributed by atoms with Gasteiger partial charge in [0.15, 0.2) is 0 Å². The second-order valence-corrected chi connectivity index (χ2v) is 7.36. The quantitative estimate of drug-likeness (QED) is 0.707. The maximum absolute atomic E-state index is 2.32. The molecule has 0 fully saturated rings. The van der Waals surface area contributed by atoms with Gasteiger partial charge in [0, 0.05) is 0 Å². The van der Waals surface area contributed by atoms with Crippen LogP contribution in [0.4, 0.5) is 0 Å². The summed E-state index contributed by atoms with van der Waals surface area (Å²) in [6, 6.07) is 0. The molecular weight excluding hydrogens is 226 g/mol. The molecule has 0 spiro atoms. The molecule has 0 amide bonds. The molecule has 0 aliphatic rings. The van der Waals surface area contributed by atoms with Gasteiger partial charge in [0.1, 0.15) is 0 Å². The Kier molecular flexibility index (Phi) is 12.9. The van der Waals surface area contributed by atoms with Gasteiger partial charge in [-0.05, 0) is 0 Å². The summed E-state index contributed by atoms with van der Waals surface area (Å²) in [6.45, 7) is 4.00. The van der Waals surface area contributed by atoms with Crippen molar-refractivity contribution in [2.45, 2.75) is 13.8 Å². The minimum absolute atomic E-state index is 0.493. The van der Waals surface area contributed by atoms with E-state index in [-0.39, 0.29) is 0 Å². The average Bonchev–Trinajstić information content (AvgIpc) is 2.03. The maximum atomic E-state index is 2.32. The van der Waals surface area contributed by atoms with Crippen molar-refractivity contribution < 1.29 is 14.1 Å². The molecule has 0 N–H and O–H groups in total. The summed E-state index contributed by atoms with van der Waals surface area (Å²) in [7, 11) is 13.0. The molecule has 0 saturated carbocycles. The average molecular weight is 256 g/mol. The molecule has 0 radical (unpaired) electrons. The second kappa shape index (κ2) is 10.9. The minimum atomic E-state index is -0.493. The fraction of sp³-hybridized carbons (Fsp3) is 1.00. The van der Waals surface area contributed by atoms with Crippen LogP contribution in [-0.2, 0) is 14.1 Å². The van der Waals surface area contributed by atoms with Crippen LogP contribution in [0, 0.1) is 0 Å². The topological polar surface area (TPSA) is 9.72 Å². The molecule has 0 aromatic carbocycles. The van der Waals surface area contributed by atoms with E-state index in [2.05, 4.69) is 57.0 Å². The molecular formula is C11H30CrN3. The van der Waals surface area contributed by atoms with Crippen LogP contribution in [0.1, 0.15) is 13.8 Å². The van der Waals surface area contributed by atoms with Gasteiger partial charge in [-0.15, -0.1) is 0 Å². The van der Waals surface area contributed by atoms with Gasteiger partial charge in [-0.1, -0.05) is 13.8 Å².